The van der Waals surface area contributed by atoms with Crippen molar-refractivity contribution < 1.29 is 23.1 Å². The number of nitrogens with zero attached hydrogens (tertiary/aromatic N) is 1. The first-order valence-electron chi connectivity index (χ1n) is 6.23. The normalized spacial score (nSPS) is 22.3. The SMILES string of the molecule is CC(C)(C)OC(=O)N1CC(NC(=O)CCl)CC(F)(F)C1. The maximum Gasteiger partial charge on any atom is 0.410 e. The summed E-state index contributed by atoms with van der Waals surface area (Å²) < 4.78 is 32.3. The monoisotopic (exact) mass is 312 g/mol. The highest BCUT2D eigenvalue weighted by Crippen LogP contribution is 2.28. The molecule has 20 heavy (non-hydrogen) atoms. The zero-order valence-corrected chi connectivity index (χ0v) is 12.5. The van der Waals surface area contributed by atoms with Crippen LogP contribution >= 0.6 is 11.6 Å². The van der Waals surface area contributed by atoms with Crippen molar-refractivity contribution in [1.82, 2.24) is 10.2 Å². The molecule has 8 heteroatoms. The van der Waals surface area contributed by atoms with Crippen molar-refractivity contribution in [2.45, 2.75) is 44.8 Å². The number of likely N-dealkylation sites (tertiary alicyclic amines) is 1. The smallest absolute Gasteiger partial charge is 0.410 e. The Bertz CT molecular complexity index is 385. The van der Waals surface area contributed by atoms with E-state index in [9.17, 15) is 18.4 Å². The molecule has 0 radical (unpaired) electrons. The second-order valence-corrected chi connectivity index (χ2v) is 6.09. The third-order valence-corrected chi connectivity index (χ3v) is 2.79. The second kappa shape index (κ2) is 6.11. The van der Waals surface area contributed by atoms with E-state index in [1.807, 2.05) is 0 Å². The van der Waals surface area contributed by atoms with Crippen molar-refractivity contribution in [3.63, 3.8) is 0 Å². The Kier molecular flexibility index (Phi) is 5.18. The molecule has 1 heterocycles. The summed E-state index contributed by atoms with van der Waals surface area (Å²) in [6, 6.07) is -0.836. The molecule has 0 aromatic carbocycles. The van der Waals surface area contributed by atoms with Crippen LogP contribution in [-0.2, 0) is 9.53 Å². The highest BCUT2D eigenvalue weighted by atomic mass is 35.5. The van der Waals surface area contributed by atoms with E-state index in [2.05, 4.69) is 5.32 Å². The fourth-order valence-electron chi connectivity index (χ4n) is 1.93. The average molecular weight is 313 g/mol. The molecular formula is C12H19ClF2N2O3. The molecule has 0 spiro atoms. The average Bonchev–Trinajstić information content (AvgIpc) is 2.24. The molecule has 5 nitrogen and oxygen atoms in total. The van der Waals surface area contributed by atoms with Gasteiger partial charge in [0.15, 0.2) is 0 Å². The van der Waals surface area contributed by atoms with Crippen LogP contribution in [0.1, 0.15) is 27.2 Å². The zero-order valence-electron chi connectivity index (χ0n) is 11.7. The lowest BCUT2D eigenvalue weighted by atomic mass is 10.0. The lowest BCUT2D eigenvalue weighted by molar-refractivity contribution is -0.122. The summed E-state index contributed by atoms with van der Waals surface area (Å²) in [5, 5.41) is 2.37. The maximum absolute atomic E-state index is 13.6. The number of rotatable bonds is 2. The Morgan fingerprint density at radius 2 is 2.05 bits per heavy atom. The van der Waals surface area contributed by atoms with Gasteiger partial charge in [0.2, 0.25) is 5.91 Å². The quantitative estimate of drug-likeness (QED) is 0.793. The summed E-state index contributed by atoms with van der Waals surface area (Å²) in [6.45, 7) is 4.22. The number of halogens is 3. The Labute approximate surface area is 121 Å². The molecule has 1 N–H and O–H groups in total. The molecule has 1 aliphatic rings. The largest absolute Gasteiger partial charge is 0.444 e. The summed E-state index contributed by atoms with van der Waals surface area (Å²) in [5.41, 5.74) is -0.765. The number of hydrogen-bond acceptors (Lipinski definition) is 3. The number of amides is 2. The van der Waals surface area contributed by atoms with Crippen LogP contribution in [0.5, 0.6) is 0 Å². The summed E-state index contributed by atoms with van der Waals surface area (Å²) in [5.74, 6) is -3.92. The molecule has 0 aliphatic carbocycles. The topological polar surface area (TPSA) is 58.6 Å². The lowest BCUT2D eigenvalue weighted by Gasteiger charge is -2.38. The highest BCUT2D eigenvalue weighted by Gasteiger charge is 2.43. The van der Waals surface area contributed by atoms with Gasteiger partial charge in [-0.2, -0.15) is 0 Å². The van der Waals surface area contributed by atoms with Gasteiger partial charge in [-0.3, -0.25) is 4.79 Å². The van der Waals surface area contributed by atoms with E-state index >= 15 is 0 Å². The minimum Gasteiger partial charge on any atom is -0.444 e. The van der Waals surface area contributed by atoms with E-state index in [4.69, 9.17) is 16.3 Å². The zero-order chi connectivity index (χ0) is 15.6. The first-order valence-corrected chi connectivity index (χ1v) is 6.77. The summed E-state index contributed by atoms with van der Waals surface area (Å²) >= 11 is 5.32. The molecule has 116 valence electrons. The summed E-state index contributed by atoms with van der Waals surface area (Å²) in [4.78, 5) is 23.9. The Hall–Kier alpha value is -1.11. The van der Waals surface area contributed by atoms with E-state index < -0.39 is 42.5 Å². The predicted molar refractivity (Wildman–Crippen MR) is 70.0 cm³/mol. The molecule has 1 unspecified atom stereocenters. The third kappa shape index (κ3) is 5.48. The minimum atomic E-state index is -3.07. The first-order chi connectivity index (χ1) is 9.02. The number of hydrogen-bond donors (Lipinski definition) is 1. The first kappa shape index (κ1) is 16.9. The van der Waals surface area contributed by atoms with E-state index in [0.717, 1.165) is 4.90 Å². The van der Waals surface area contributed by atoms with Crippen LogP contribution in [-0.4, -0.2) is 53.4 Å². The van der Waals surface area contributed by atoms with Gasteiger partial charge in [0.25, 0.3) is 5.92 Å². The van der Waals surface area contributed by atoms with Gasteiger partial charge in [-0.25, -0.2) is 13.6 Å². The van der Waals surface area contributed by atoms with Gasteiger partial charge in [-0.05, 0) is 20.8 Å². The van der Waals surface area contributed by atoms with Gasteiger partial charge in [0, 0.05) is 13.0 Å². The van der Waals surface area contributed by atoms with E-state index in [0.29, 0.717) is 0 Å². The molecule has 1 fully saturated rings. The van der Waals surface area contributed by atoms with Crippen LogP contribution in [0, 0.1) is 0 Å². The van der Waals surface area contributed by atoms with E-state index in [-0.39, 0.29) is 12.4 Å². The van der Waals surface area contributed by atoms with Crippen molar-refractivity contribution in [2.75, 3.05) is 19.0 Å². The molecule has 1 rings (SSSR count). The molecule has 1 atom stereocenters. The van der Waals surface area contributed by atoms with Crippen molar-refractivity contribution in [3.05, 3.63) is 0 Å². The van der Waals surface area contributed by atoms with E-state index in [1.165, 1.54) is 0 Å². The predicted octanol–water partition coefficient (Wildman–Crippen LogP) is 1.99. The van der Waals surface area contributed by atoms with Crippen LogP contribution in [0.25, 0.3) is 0 Å². The van der Waals surface area contributed by atoms with Gasteiger partial charge < -0.3 is 15.0 Å². The molecule has 0 bridgehead atoms. The molecule has 2 amide bonds. The van der Waals surface area contributed by atoms with Crippen LogP contribution in [0.2, 0.25) is 0 Å². The molecule has 1 saturated heterocycles. The highest BCUT2D eigenvalue weighted by molar-refractivity contribution is 6.27. The number of carbonyl (C=O) groups excluding carboxylic acids is 2. The molecule has 0 aromatic rings. The molecule has 0 saturated carbocycles. The molecule has 1 aliphatic heterocycles. The number of carbonyl (C=O) groups is 2. The van der Waals surface area contributed by atoms with E-state index in [1.54, 1.807) is 20.8 Å². The number of ether oxygens (including phenoxy) is 1. The number of alkyl halides is 3. The lowest BCUT2D eigenvalue weighted by Crippen LogP contribution is -2.57. The van der Waals surface area contributed by atoms with Crippen molar-refractivity contribution in [3.8, 4) is 0 Å². The van der Waals surface area contributed by atoms with Gasteiger partial charge >= 0.3 is 6.09 Å². The van der Waals surface area contributed by atoms with Crippen LogP contribution in [0.15, 0.2) is 0 Å². The Balaban J connectivity index is 2.72. The Morgan fingerprint density at radius 1 is 1.45 bits per heavy atom. The maximum atomic E-state index is 13.6. The third-order valence-electron chi connectivity index (χ3n) is 2.55. The second-order valence-electron chi connectivity index (χ2n) is 5.82. The minimum absolute atomic E-state index is 0.0207. The Morgan fingerprint density at radius 3 is 2.55 bits per heavy atom. The van der Waals surface area contributed by atoms with Crippen LogP contribution in [0.4, 0.5) is 13.6 Å². The van der Waals surface area contributed by atoms with Gasteiger partial charge in [-0.15, -0.1) is 11.6 Å². The van der Waals surface area contributed by atoms with Crippen molar-refractivity contribution >= 4 is 23.6 Å². The number of piperidine rings is 1. The molecular weight excluding hydrogens is 294 g/mol. The standard InChI is InChI=1S/C12H19ClF2N2O3/c1-11(2,3)20-10(19)17-6-8(16-9(18)5-13)4-12(14,15)7-17/h8H,4-7H2,1-3H3,(H,16,18). The van der Waals surface area contributed by atoms with Crippen molar-refractivity contribution in [2.24, 2.45) is 0 Å². The molecule has 0 aromatic heterocycles. The van der Waals surface area contributed by atoms with Gasteiger partial charge in [0.05, 0.1) is 12.6 Å². The van der Waals surface area contributed by atoms with Crippen molar-refractivity contribution in [1.29, 1.82) is 0 Å². The summed E-state index contributed by atoms with van der Waals surface area (Å²) in [6.07, 6.45) is -1.34. The fraction of sp³-hybridized carbons (Fsp3) is 0.833. The van der Waals surface area contributed by atoms with Gasteiger partial charge in [0.1, 0.15) is 11.5 Å². The summed E-state index contributed by atoms with van der Waals surface area (Å²) in [7, 11) is 0. The number of nitrogens with one attached hydrogen (secondary N) is 1. The van der Waals surface area contributed by atoms with Gasteiger partial charge in [-0.1, -0.05) is 0 Å². The fourth-order valence-corrected chi connectivity index (χ4v) is 2.01. The van der Waals surface area contributed by atoms with Crippen LogP contribution < -0.4 is 5.32 Å². The van der Waals surface area contributed by atoms with Crippen LogP contribution in [0.3, 0.4) is 0 Å².